The molecule has 116 valence electrons. The van der Waals surface area contributed by atoms with E-state index < -0.39 is 0 Å². The number of nitrogens with one attached hydrogen (secondary N) is 1. The van der Waals surface area contributed by atoms with Crippen LogP contribution >= 0.6 is 0 Å². The van der Waals surface area contributed by atoms with Gasteiger partial charge in [-0.1, -0.05) is 37.6 Å². The highest BCUT2D eigenvalue weighted by molar-refractivity contribution is 6.03. The standard InChI is InChI=1S/C18H22N2O2/c1-12(2)13-8-10-14(11-9-13)19-18(21)17-15-6-4-3-5-7-16(15)22-20-17/h8-12H,3-7H2,1-2H3,(H,19,21). The van der Waals surface area contributed by atoms with Crippen molar-refractivity contribution in [2.75, 3.05) is 5.32 Å². The van der Waals surface area contributed by atoms with Crippen LogP contribution in [0.15, 0.2) is 28.8 Å². The molecule has 2 aromatic rings. The summed E-state index contributed by atoms with van der Waals surface area (Å²) in [5.74, 6) is 1.19. The average Bonchev–Trinajstić information content (AvgIpc) is 2.77. The van der Waals surface area contributed by atoms with Crippen molar-refractivity contribution in [1.82, 2.24) is 5.16 Å². The largest absolute Gasteiger partial charge is 0.360 e. The fraction of sp³-hybridized carbons (Fsp3) is 0.444. The van der Waals surface area contributed by atoms with E-state index in [0.29, 0.717) is 11.6 Å². The minimum Gasteiger partial charge on any atom is -0.360 e. The molecule has 1 aliphatic carbocycles. The molecule has 0 fully saturated rings. The van der Waals surface area contributed by atoms with Crippen molar-refractivity contribution in [1.29, 1.82) is 0 Å². The summed E-state index contributed by atoms with van der Waals surface area (Å²) >= 11 is 0. The van der Waals surface area contributed by atoms with Gasteiger partial charge in [0.1, 0.15) is 5.76 Å². The van der Waals surface area contributed by atoms with E-state index in [-0.39, 0.29) is 5.91 Å². The van der Waals surface area contributed by atoms with Crippen molar-refractivity contribution in [3.05, 3.63) is 46.8 Å². The molecule has 1 heterocycles. The molecule has 0 bridgehead atoms. The van der Waals surface area contributed by atoms with E-state index in [1.54, 1.807) is 0 Å². The van der Waals surface area contributed by atoms with Crippen LogP contribution in [0, 0.1) is 0 Å². The van der Waals surface area contributed by atoms with Crippen LogP contribution < -0.4 is 5.32 Å². The fourth-order valence-electron chi connectivity index (χ4n) is 2.88. The van der Waals surface area contributed by atoms with Gasteiger partial charge in [-0.15, -0.1) is 0 Å². The Morgan fingerprint density at radius 1 is 1.14 bits per heavy atom. The first kappa shape index (κ1) is 14.8. The van der Waals surface area contributed by atoms with Gasteiger partial charge in [0.25, 0.3) is 5.91 Å². The second-order valence-corrected chi connectivity index (χ2v) is 6.22. The van der Waals surface area contributed by atoms with Crippen molar-refractivity contribution in [2.45, 2.75) is 51.9 Å². The van der Waals surface area contributed by atoms with E-state index >= 15 is 0 Å². The number of benzene rings is 1. The highest BCUT2D eigenvalue weighted by Gasteiger charge is 2.23. The monoisotopic (exact) mass is 298 g/mol. The fourth-order valence-corrected chi connectivity index (χ4v) is 2.88. The van der Waals surface area contributed by atoms with Gasteiger partial charge in [0, 0.05) is 17.7 Å². The summed E-state index contributed by atoms with van der Waals surface area (Å²) in [7, 11) is 0. The lowest BCUT2D eigenvalue weighted by molar-refractivity contribution is 0.101. The third-order valence-corrected chi connectivity index (χ3v) is 4.25. The number of nitrogens with zero attached hydrogens (tertiary/aromatic N) is 1. The number of amides is 1. The zero-order valence-corrected chi connectivity index (χ0v) is 13.2. The van der Waals surface area contributed by atoms with Gasteiger partial charge < -0.3 is 9.84 Å². The average molecular weight is 298 g/mol. The van der Waals surface area contributed by atoms with Crippen LogP contribution in [0.4, 0.5) is 5.69 Å². The van der Waals surface area contributed by atoms with Gasteiger partial charge in [-0.3, -0.25) is 4.79 Å². The van der Waals surface area contributed by atoms with Crippen molar-refractivity contribution in [3.8, 4) is 0 Å². The van der Waals surface area contributed by atoms with Crippen molar-refractivity contribution >= 4 is 11.6 Å². The molecule has 1 aliphatic rings. The number of fused-ring (bicyclic) bond motifs is 1. The number of carbonyl (C=O) groups excluding carboxylic acids is 1. The number of carbonyl (C=O) groups is 1. The molecule has 0 saturated carbocycles. The summed E-state index contributed by atoms with van der Waals surface area (Å²) in [6.45, 7) is 4.30. The molecule has 1 amide bonds. The smallest absolute Gasteiger partial charge is 0.278 e. The first-order valence-electron chi connectivity index (χ1n) is 8.04. The minimum absolute atomic E-state index is 0.177. The lowest BCUT2D eigenvalue weighted by atomic mass is 10.0. The number of hydrogen-bond donors (Lipinski definition) is 1. The molecular formula is C18H22N2O2. The van der Waals surface area contributed by atoms with Crippen LogP contribution in [-0.2, 0) is 12.8 Å². The lowest BCUT2D eigenvalue weighted by Gasteiger charge is -2.08. The molecule has 3 rings (SSSR count). The Hall–Kier alpha value is -2.10. The number of aromatic nitrogens is 1. The second kappa shape index (κ2) is 6.34. The van der Waals surface area contributed by atoms with Gasteiger partial charge in [-0.2, -0.15) is 0 Å². The minimum atomic E-state index is -0.177. The maximum atomic E-state index is 12.4. The summed E-state index contributed by atoms with van der Waals surface area (Å²) in [5, 5.41) is 6.91. The molecule has 4 nitrogen and oxygen atoms in total. The third kappa shape index (κ3) is 3.06. The van der Waals surface area contributed by atoms with Crippen molar-refractivity contribution < 1.29 is 9.32 Å². The first-order chi connectivity index (χ1) is 10.6. The normalized spacial score (nSPS) is 14.5. The quantitative estimate of drug-likeness (QED) is 0.859. The first-order valence-corrected chi connectivity index (χ1v) is 8.04. The zero-order chi connectivity index (χ0) is 15.5. The highest BCUT2D eigenvalue weighted by atomic mass is 16.5. The van der Waals surface area contributed by atoms with Crippen LogP contribution in [-0.4, -0.2) is 11.1 Å². The summed E-state index contributed by atoms with van der Waals surface area (Å²) in [6.07, 6.45) is 5.16. The van der Waals surface area contributed by atoms with Crippen LogP contribution in [0.3, 0.4) is 0 Å². The molecule has 0 spiro atoms. The van der Waals surface area contributed by atoms with Crippen LogP contribution in [0.2, 0.25) is 0 Å². The summed E-state index contributed by atoms with van der Waals surface area (Å²) in [6, 6.07) is 7.96. The van der Waals surface area contributed by atoms with Crippen LogP contribution in [0.25, 0.3) is 0 Å². The Morgan fingerprint density at radius 3 is 2.59 bits per heavy atom. The summed E-state index contributed by atoms with van der Waals surface area (Å²) in [4.78, 5) is 12.4. The zero-order valence-electron chi connectivity index (χ0n) is 13.2. The molecule has 0 radical (unpaired) electrons. The van der Waals surface area contributed by atoms with Gasteiger partial charge in [0.05, 0.1) is 0 Å². The maximum Gasteiger partial charge on any atom is 0.278 e. The van der Waals surface area contributed by atoms with Crippen LogP contribution in [0.1, 0.15) is 66.4 Å². The maximum absolute atomic E-state index is 12.4. The number of rotatable bonds is 3. The number of hydrogen-bond acceptors (Lipinski definition) is 3. The molecule has 0 aliphatic heterocycles. The lowest BCUT2D eigenvalue weighted by Crippen LogP contribution is -2.14. The van der Waals surface area contributed by atoms with Gasteiger partial charge in [0.2, 0.25) is 0 Å². The van der Waals surface area contributed by atoms with Gasteiger partial charge in [0.15, 0.2) is 5.69 Å². The Balaban J connectivity index is 1.76. The number of anilines is 1. The van der Waals surface area contributed by atoms with E-state index in [2.05, 4.69) is 24.3 Å². The molecule has 0 unspecified atom stereocenters. The van der Waals surface area contributed by atoms with E-state index in [4.69, 9.17) is 4.52 Å². The van der Waals surface area contributed by atoms with E-state index in [1.165, 1.54) is 12.0 Å². The Bertz CT molecular complexity index is 656. The van der Waals surface area contributed by atoms with Crippen LogP contribution in [0.5, 0.6) is 0 Å². The van der Waals surface area contributed by atoms with Gasteiger partial charge in [-0.25, -0.2) is 0 Å². The SMILES string of the molecule is CC(C)c1ccc(NC(=O)c2noc3c2CCCCC3)cc1. The molecule has 1 aromatic heterocycles. The molecular weight excluding hydrogens is 276 g/mol. The summed E-state index contributed by atoms with van der Waals surface area (Å²) < 4.78 is 5.37. The molecule has 22 heavy (non-hydrogen) atoms. The second-order valence-electron chi connectivity index (χ2n) is 6.22. The van der Waals surface area contributed by atoms with E-state index in [9.17, 15) is 4.79 Å². The van der Waals surface area contributed by atoms with Crippen molar-refractivity contribution in [2.24, 2.45) is 0 Å². The van der Waals surface area contributed by atoms with Gasteiger partial charge >= 0.3 is 0 Å². The molecule has 0 saturated heterocycles. The predicted molar refractivity (Wildman–Crippen MR) is 86.2 cm³/mol. The highest BCUT2D eigenvalue weighted by Crippen LogP contribution is 2.24. The molecule has 0 atom stereocenters. The number of aryl methyl sites for hydroxylation is 1. The van der Waals surface area contributed by atoms with Gasteiger partial charge in [-0.05, 0) is 42.9 Å². The molecule has 4 heteroatoms. The van der Waals surface area contributed by atoms with E-state index in [1.807, 2.05) is 24.3 Å². The molecule has 1 N–H and O–H groups in total. The van der Waals surface area contributed by atoms with E-state index in [0.717, 1.165) is 42.7 Å². The third-order valence-electron chi connectivity index (χ3n) is 4.25. The Labute approximate surface area is 130 Å². The predicted octanol–water partition coefficient (Wildman–Crippen LogP) is 4.32. The van der Waals surface area contributed by atoms with Crippen molar-refractivity contribution in [3.63, 3.8) is 0 Å². The topological polar surface area (TPSA) is 55.1 Å². The summed E-state index contributed by atoms with van der Waals surface area (Å²) in [5.41, 5.74) is 3.49. The Morgan fingerprint density at radius 2 is 1.86 bits per heavy atom. The Kier molecular flexibility index (Phi) is 4.27. The molecule has 1 aromatic carbocycles.